The Hall–Kier alpha value is -6.18. The second-order valence-corrected chi connectivity index (χ2v) is 12.7. The number of nitrogens with two attached hydrogens (primary N) is 1. The molecule has 278 valence electrons. The van der Waals surface area contributed by atoms with Crippen molar-refractivity contribution in [2.24, 2.45) is 22.6 Å². The van der Waals surface area contributed by atoms with Crippen LogP contribution in [0.3, 0.4) is 0 Å². The summed E-state index contributed by atoms with van der Waals surface area (Å²) in [5, 5.41) is 2.84. The third-order valence-electron chi connectivity index (χ3n) is 8.08. The lowest BCUT2D eigenvalue weighted by atomic mass is 9.89. The van der Waals surface area contributed by atoms with Gasteiger partial charge in [-0.1, -0.05) is 56.8 Å². The lowest BCUT2D eigenvalue weighted by Gasteiger charge is -2.18. The van der Waals surface area contributed by atoms with Gasteiger partial charge in [-0.2, -0.15) is 4.99 Å². The van der Waals surface area contributed by atoms with Crippen LogP contribution in [0.15, 0.2) is 60.1 Å². The maximum Gasteiger partial charge on any atom is 0.438 e. The smallest absolute Gasteiger partial charge is 0.428 e. The number of esters is 3. The predicted molar refractivity (Wildman–Crippen MR) is 194 cm³/mol. The summed E-state index contributed by atoms with van der Waals surface area (Å²) in [6.07, 6.45) is 1.26. The van der Waals surface area contributed by atoms with E-state index in [2.05, 4.69) is 31.3 Å². The molecule has 1 fully saturated rings. The van der Waals surface area contributed by atoms with E-state index in [0.29, 0.717) is 34.7 Å². The van der Waals surface area contributed by atoms with Crippen molar-refractivity contribution in [3.63, 3.8) is 0 Å². The van der Waals surface area contributed by atoms with Gasteiger partial charge in [0, 0.05) is 43.5 Å². The second-order valence-electron chi connectivity index (χ2n) is 12.7. The van der Waals surface area contributed by atoms with E-state index >= 15 is 0 Å². The SMILES string of the molecule is C=Cc1cc(C(=O)Cc2ccc(C(N)=NC(=O)OCOC(C)=O)cc2)c(-c2ccc(C(=O)NCC3CC3)nc2C(=O)OC(C)OC(=O)C(C)C)cc1C. The highest BCUT2D eigenvalue weighted by atomic mass is 16.7. The van der Waals surface area contributed by atoms with Crippen LogP contribution in [0.25, 0.3) is 17.2 Å². The molecule has 1 aromatic heterocycles. The topological polar surface area (TPSA) is 203 Å². The molecule has 14 nitrogen and oxygen atoms in total. The van der Waals surface area contributed by atoms with E-state index in [1.807, 2.05) is 6.92 Å². The van der Waals surface area contributed by atoms with Gasteiger partial charge in [-0.25, -0.2) is 14.6 Å². The van der Waals surface area contributed by atoms with E-state index in [4.69, 9.17) is 15.2 Å². The number of aryl methyl sites for hydroxylation is 1. The third-order valence-corrected chi connectivity index (χ3v) is 8.08. The summed E-state index contributed by atoms with van der Waals surface area (Å²) in [5.74, 6) is -3.17. The highest BCUT2D eigenvalue weighted by Crippen LogP contribution is 2.32. The first-order chi connectivity index (χ1) is 25.2. The van der Waals surface area contributed by atoms with Gasteiger partial charge in [0.05, 0.1) is 5.92 Å². The Kier molecular flexibility index (Phi) is 13.3. The first-order valence-electron chi connectivity index (χ1n) is 16.9. The predicted octanol–water partition coefficient (Wildman–Crippen LogP) is 5.33. The number of carbonyl (C=O) groups excluding carboxylic acids is 6. The molecular weight excluding hydrogens is 684 g/mol. The molecule has 1 saturated carbocycles. The number of amidine groups is 1. The van der Waals surface area contributed by atoms with Crippen LogP contribution in [-0.4, -0.2) is 66.1 Å². The summed E-state index contributed by atoms with van der Waals surface area (Å²) >= 11 is 0. The van der Waals surface area contributed by atoms with Crippen molar-refractivity contribution in [3.8, 4) is 11.1 Å². The lowest BCUT2D eigenvalue weighted by Crippen LogP contribution is -2.28. The average Bonchev–Trinajstić information content (AvgIpc) is 3.95. The van der Waals surface area contributed by atoms with Crippen molar-refractivity contribution in [1.29, 1.82) is 0 Å². The maximum absolute atomic E-state index is 14.0. The van der Waals surface area contributed by atoms with Gasteiger partial charge in [-0.05, 0) is 66.1 Å². The molecule has 3 aromatic rings. The lowest BCUT2D eigenvalue weighted by molar-refractivity contribution is -0.169. The zero-order chi connectivity index (χ0) is 38.8. The summed E-state index contributed by atoms with van der Waals surface area (Å²) < 4.78 is 19.9. The standard InChI is InChI=1S/C39H42N4O10/c1-7-27-18-31(33(45)17-25-10-12-28(13-11-25)35(40)43-39(49)51-20-50-23(5)44)30(16-22(27)4)29-14-15-32(36(46)41-19-26-8-9-26)42-34(29)38(48)53-24(6)52-37(47)21(2)3/h7,10-16,18,21,24,26H,1,8-9,17,19-20H2,2-6H3,(H,41,46)(H2,40,43,49). The Morgan fingerprint density at radius 2 is 1.68 bits per heavy atom. The van der Waals surface area contributed by atoms with Crippen molar-refractivity contribution in [2.75, 3.05) is 13.3 Å². The van der Waals surface area contributed by atoms with Gasteiger partial charge in [-0.3, -0.25) is 19.2 Å². The van der Waals surface area contributed by atoms with Gasteiger partial charge in [0.2, 0.25) is 13.1 Å². The zero-order valence-corrected chi connectivity index (χ0v) is 30.2. The Bertz CT molecular complexity index is 1950. The molecule has 0 saturated heterocycles. The number of nitrogens with one attached hydrogen (secondary N) is 1. The summed E-state index contributed by atoms with van der Waals surface area (Å²) in [6.45, 7) is 11.4. The molecule has 2 aromatic carbocycles. The van der Waals surface area contributed by atoms with Crippen LogP contribution in [0.1, 0.15) is 94.1 Å². The van der Waals surface area contributed by atoms with E-state index in [9.17, 15) is 28.8 Å². The number of aliphatic imine (C=N–C) groups is 1. The maximum atomic E-state index is 14.0. The summed E-state index contributed by atoms with van der Waals surface area (Å²) in [6, 6.07) is 12.8. The molecule has 1 heterocycles. The molecular formula is C39H42N4O10. The summed E-state index contributed by atoms with van der Waals surface area (Å²) in [4.78, 5) is 83.7. The van der Waals surface area contributed by atoms with Gasteiger partial charge in [-0.15, -0.1) is 0 Å². The zero-order valence-electron chi connectivity index (χ0n) is 30.2. The number of amides is 2. The molecule has 0 bridgehead atoms. The van der Waals surface area contributed by atoms with Crippen molar-refractivity contribution in [2.45, 2.75) is 60.2 Å². The molecule has 1 unspecified atom stereocenters. The quantitative estimate of drug-likeness (QED) is 0.0671. The fraction of sp³-hybridized carbons (Fsp3) is 0.333. The van der Waals surface area contributed by atoms with Gasteiger partial charge in [0.25, 0.3) is 5.91 Å². The van der Waals surface area contributed by atoms with Crippen LogP contribution < -0.4 is 11.1 Å². The number of rotatable bonds is 15. The number of Topliss-reactive ketones (excluding diaryl/α,β-unsaturated/α-hetero) is 1. The number of carbonyl (C=O) groups is 6. The van der Waals surface area contributed by atoms with Gasteiger partial charge in [0.15, 0.2) is 11.5 Å². The van der Waals surface area contributed by atoms with Gasteiger partial charge in [0.1, 0.15) is 11.5 Å². The second kappa shape index (κ2) is 17.8. The minimum absolute atomic E-state index is 0.0268. The molecule has 1 aliphatic carbocycles. The van der Waals surface area contributed by atoms with E-state index in [0.717, 1.165) is 25.3 Å². The van der Waals surface area contributed by atoms with Crippen LogP contribution in [0.5, 0.6) is 0 Å². The van der Waals surface area contributed by atoms with Crippen molar-refractivity contribution < 1.29 is 47.7 Å². The highest BCUT2D eigenvalue weighted by Gasteiger charge is 2.27. The molecule has 3 N–H and O–H groups in total. The van der Waals surface area contributed by atoms with Crippen LogP contribution in [0.2, 0.25) is 0 Å². The Morgan fingerprint density at radius 3 is 2.30 bits per heavy atom. The van der Waals surface area contributed by atoms with Crippen LogP contribution in [0, 0.1) is 18.8 Å². The normalized spacial score (nSPS) is 13.1. The Labute approximate surface area is 306 Å². The number of pyridine rings is 1. The van der Waals surface area contributed by atoms with E-state index < -0.39 is 48.9 Å². The molecule has 0 spiro atoms. The van der Waals surface area contributed by atoms with E-state index in [-0.39, 0.29) is 40.6 Å². The first-order valence-corrected chi connectivity index (χ1v) is 16.9. The van der Waals surface area contributed by atoms with Crippen LogP contribution in [-0.2, 0) is 35.0 Å². The van der Waals surface area contributed by atoms with E-state index in [1.165, 1.54) is 19.1 Å². The number of ether oxygens (including phenoxy) is 4. The molecule has 4 rings (SSSR count). The number of aromatic nitrogens is 1. The van der Waals surface area contributed by atoms with Gasteiger partial charge >= 0.3 is 24.0 Å². The number of hydrogen-bond acceptors (Lipinski definition) is 11. The largest absolute Gasteiger partial charge is 0.438 e. The van der Waals surface area contributed by atoms with E-state index in [1.54, 1.807) is 56.3 Å². The third kappa shape index (κ3) is 11.2. The minimum Gasteiger partial charge on any atom is -0.428 e. The monoisotopic (exact) mass is 726 g/mol. The molecule has 1 atom stereocenters. The molecule has 0 radical (unpaired) electrons. The number of nitrogens with zero attached hydrogens (tertiary/aromatic N) is 2. The summed E-state index contributed by atoms with van der Waals surface area (Å²) in [7, 11) is 0. The fourth-order valence-electron chi connectivity index (χ4n) is 4.97. The molecule has 1 aliphatic rings. The molecule has 2 amide bonds. The molecule has 53 heavy (non-hydrogen) atoms. The Morgan fingerprint density at radius 1 is 0.981 bits per heavy atom. The first kappa shape index (κ1) is 39.6. The van der Waals surface area contributed by atoms with Crippen molar-refractivity contribution in [3.05, 3.63) is 94.3 Å². The Balaban J connectivity index is 1.66. The highest BCUT2D eigenvalue weighted by molar-refractivity contribution is 6.07. The van der Waals surface area contributed by atoms with Crippen molar-refractivity contribution in [1.82, 2.24) is 10.3 Å². The number of benzene rings is 2. The number of ketones is 1. The van der Waals surface area contributed by atoms with Crippen LogP contribution >= 0.6 is 0 Å². The van der Waals surface area contributed by atoms with Gasteiger partial charge < -0.3 is 30.0 Å². The van der Waals surface area contributed by atoms with Crippen molar-refractivity contribution >= 4 is 47.6 Å². The molecule has 14 heteroatoms. The molecule has 0 aliphatic heterocycles. The average molecular weight is 727 g/mol. The minimum atomic E-state index is -1.26. The summed E-state index contributed by atoms with van der Waals surface area (Å²) in [5.41, 5.74) is 8.88. The number of hydrogen-bond donors (Lipinski definition) is 2. The fourth-order valence-corrected chi connectivity index (χ4v) is 4.97. The van der Waals surface area contributed by atoms with Crippen LogP contribution in [0.4, 0.5) is 4.79 Å².